The Morgan fingerprint density at radius 1 is 1.00 bits per heavy atom. The lowest BCUT2D eigenvalue weighted by molar-refractivity contribution is 0.0203. The molecule has 0 atom stereocenters. The Morgan fingerprint density at radius 3 is 2.50 bits per heavy atom. The van der Waals surface area contributed by atoms with Gasteiger partial charge in [-0.2, -0.15) is 5.10 Å². The molecule has 1 amide bonds. The van der Waals surface area contributed by atoms with E-state index in [-0.39, 0.29) is 11.5 Å². The van der Waals surface area contributed by atoms with Gasteiger partial charge in [-0.3, -0.25) is 19.2 Å². The van der Waals surface area contributed by atoms with E-state index in [9.17, 15) is 9.59 Å². The normalized spacial score (nSPS) is 21.0. The van der Waals surface area contributed by atoms with Crippen molar-refractivity contribution in [2.75, 3.05) is 26.2 Å². The quantitative estimate of drug-likeness (QED) is 0.685. The predicted molar refractivity (Wildman–Crippen MR) is 125 cm³/mol. The molecule has 6 rings (SSSR count). The molecule has 7 nitrogen and oxygen atoms in total. The largest absolute Gasteiger partial charge is 0.335 e. The van der Waals surface area contributed by atoms with Crippen LogP contribution >= 0.6 is 0 Å². The number of nitrogens with zero attached hydrogens (tertiary/aromatic N) is 4. The highest BCUT2D eigenvalue weighted by Gasteiger charge is 2.36. The van der Waals surface area contributed by atoms with Gasteiger partial charge in [-0.25, -0.2) is 0 Å². The predicted octanol–water partition coefficient (Wildman–Crippen LogP) is 3.61. The van der Waals surface area contributed by atoms with Crippen molar-refractivity contribution < 1.29 is 4.79 Å². The molecule has 1 saturated carbocycles. The van der Waals surface area contributed by atoms with E-state index in [0.717, 1.165) is 66.6 Å². The van der Waals surface area contributed by atoms with Gasteiger partial charge in [-0.05, 0) is 63.4 Å². The fraction of sp³-hybridized carbons (Fsp3) is 0.560. The number of likely N-dealkylation sites (tertiary alicyclic amines) is 2. The molecule has 2 aliphatic heterocycles. The van der Waals surface area contributed by atoms with Gasteiger partial charge >= 0.3 is 0 Å². The Labute approximate surface area is 187 Å². The number of rotatable bonds is 3. The summed E-state index contributed by atoms with van der Waals surface area (Å²) in [5.74, 6) is 0.101. The lowest BCUT2D eigenvalue weighted by atomic mass is 9.98. The third kappa shape index (κ3) is 3.17. The Morgan fingerprint density at radius 2 is 1.75 bits per heavy atom. The molecule has 1 aliphatic carbocycles. The van der Waals surface area contributed by atoms with E-state index < -0.39 is 0 Å². The summed E-state index contributed by atoms with van der Waals surface area (Å²) in [5, 5.41) is 6.14. The van der Waals surface area contributed by atoms with Crippen LogP contribution in [0, 0.1) is 6.92 Å². The molecule has 0 radical (unpaired) electrons. The summed E-state index contributed by atoms with van der Waals surface area (Å²) >= 11 is 0. The standard InChI is InChI=1S/C25H31N5O2/c1-16-11-22-20(23-21(24(31)27-22)13-26-30(23)17-7-3-4-8-17)12-19(16)25(32)29-14-18(15-29)28-9-5-2-6-10-28/h11-13,17-18H,2-10,14-15H2,1H3,(H,27,31). The number of nitrogens with one attached hydrogen (secondary N) is 1. The molecule has 2 aromatic heterocycles. The Hall–Kier alpha value is -2.67. The molecule has 32 heavy (non-hydrogen) atoms. The highest BCUT2D eigenvalue weighted by atomic mass is 16.2. The van der Waals surface area contributed by atoms with E-state index in [0.29, 0.717) is 17.5 Å². The number of hydrogen-bond acceptors (Lipinski definition) is 4. The molecule has 0 bridgehead atoms. The van der Waals surface area contributed by atoms with Gasteiger partial charge in [-0.15, -0.1) is 0 Å². The molecular weight excluding hydrogens is 402 g/mol. The van der Waals surface area contributed by atoms with Crippen LogP contribution in [-0.4, -0.2) is 62.7 Å². The monoisotopic (exact) mass is 433 g/mol. The van der Waals surface area contributed by atoms with Crippen molar-refractivity contribution >= 4 is 27.7 Å². The molecule has 7 heteroatoms. The van der Waals surface area contributed by atoms with Crippen LogP contribution in [0.1, 0.15) is 66.9 Å². The molecule has 0 spiro atoms. The summed E-state index contributed by atoms with van der Waals surface area (Å²) < 4.78 is 2.04. The molecule has 3 aromatic rings. The summed E-state index contributed by atoms with van der Waals surface area (Å²) in [4.78, 5) is 33.7. The summed E-state index contributed by atoms with van der Waals surface area (Å²) in [6.07, 6.45) is 10.1. The second kappa shape index (κ2) is 7.73. The first-order valence-corrected chi connectivity index (χ1v) is 12.2. The number of amides is 1. The number of fused-ring (bicyclic) bond motifs is 3. The zero-order valence-electron chi connectivity index (χ0n) is 18.8. The number of aromatic nitrogens is 3. The molecule has 0 unspecified atom stereocenters. The zero-order chi connectivity index (χ0) is 21.8. The van der Waals surface area contributed by atoms with Gasteiger partial charge in [0.1, 0.15) is 0 Å². The number of aromatic amines is 1. The van der Waals surface area contributed by atoms with E-state index in [2.05, 4.69) is 15.0 Å². The Bertz CT molecular complexity index is 1240. The van der Waals surface area contributed by atoms with Crippen molar-refractivity contribution in [1.29, 1.82) is 0 Å². The fourth-order valence-corrected chi connectivity index (χ4v) is 5.96. The maximum atomic E-state index is 13.4. The molecule has 3 aliphatic rings. The van der Waals surface area contributed by atoms with Crippen LogP contribution in [0.2, 0.25) is 0 Å². The van der Waals surface area contributed by atoms with Crippen LogP contribution in [0.3, 0.4) is 0 Å². The van der Waals surface area contributed by atoms with E-state index >= 15 is 0 Å². The van der Waals surface area contributed by atoms with Gasteiger partial charge in [0.25, 0.3) is 11.5 Å². The molecule has 4 heterocycles. The lowest BCUT2D eigenvalue weighted by Crippen LogP contribution is -2.61. The molecule has 1 N–H and O–H groups in total. The van der Waals surface area contributed by atoms with Crippen molar-refractivity contribution in [3.63, 3.8) is 0 Å². The van der Waals surface area contributed by atoms with E-state index in [1.807, 2.05) is 28.6 Å². The zero-order valence-corrected chi connectivity index (χ0v) is 18.8. The topological polar surface area (TPSA) is 74.2 Å². The van der Waals surface area contributed by atoms with E-state index in [1.165, 1.54) is 32.1 Å². The number of pyridine rings is 1. The first-order chi connectivity index (χ1) is 15.6. The third-order valence-electron chi connectivity index (χ3n) is 7.87. The number of piperidine rings is 1. The Kier molecular flexibility index (Phi) is 4.82. The van der Waals surface area contributed by atoms with Gasteiger partial charge in [0.05, 0.1) is 28.7 Å². The van der Waals surface area contributed by atoms with Gasteiger partial charge in [-0.1, -0.05) is 19.3 Å². The maximum Gasteiger partial charge on any atom is 0.259 e. The third-order valence-corrected chi connectivity index (χ3v) is 7.87. The van der Waals surface area contributed by atoms with Crippen molar-refractivity contribution in [2.24, 2.45) is 0 Å². The van der Waals surface area contributed by atoms with Crippen LogP contribution in [0.5, 0.6) is 0 Å². The molecule has 3 fully saturated rings. The van der Waals surface area contributed by atoms with Crippen molar-refractivity contribution in [1.82, 2.24) is 24.6 Å². The van der Waals surface area contributed by atoms with Crippen LogP contribution < -0.4 is 5.56 Å². The maximum absolute atomic E-state index is 13.4. The first-order valence-electron chi connectivity index (χ1n) is 12.2. The molecule has 1 aromatic carbocycles. The summed E-state index contributed by atoms with van der Waals surface area (Å²) in [7, 11) is 0. The molecule has 168 valence electrons. The van der Waals surface area contributed by atoms with E-state index in [4.69, 9.17) is 0 Å². The highest BCUT2D eigenvalue weighted by molar-refractivity contribution is 6.07. The summed E-state index contributed by atoms with van der Waals surface area (Å²) in [6.45, 7) is 5.93. The second-order valence-corrected chi connectivity index (χ2v) is 9.92. The van der Waals surface area contributed by atoms with Gasteiger partial charge < -0.3 is 9.88 Å². The number of carbonyl (C=O) groups excluding carboxylic acids is 1. The van der Waals surface area contributed by atoms with Gasteiger partial charge in [0.15, 0.2) is 0 Å². The number of benzene rings is 1. The number of carbonyl (C=O) groups is 1. The van der Waals surface area contributed by atoms with Crippen molar-refractivity contribution in [3.05, 3.63) is 39.8 Å². The van der Waals surface area contributed by atoms with Crippen molar-refractivity contribution in [3.8, 4) is 0 Å². The average Bonchev–Trinajstić information content (AvgIpc) is 3.43. The fourth-order valence-electron chi connectivity index (χ4n) is 5.96. The SMILES string of the molecule is Cc1cc2[nH]c(=O)c3cnn(C4CCCC4)c3c2cc1C(=O)N1CC(N2CCCCC2)C1. The Balaban J connectivity index is 1.36. The van der Waals surface area contributed by atoms with Crippen LogP contribution in [-0.2, 0) is 0 Å². The smallest absolute Gasteiger partial charge is 0.259 e. The number of aryl methyl sites for hydroxylation is 1. The summed E-state index contributed by atoms with van der Waals surface area (Å²) in [6, 6.07) is 4.79. The van der Waals surface area contributed by atoms with E-state index in [1.54, 1.807) is 6.20 Å². The number of H-pyrrole nitrogens is 1. The molecule has 2 saturated heterocycles. The summed E-state index contributed by atoms with van der Waals surface area (Å²) in [5.41, 5.74) is 3.20. The highest BCUT2D eigenvalue weighted by Crippen LogP contribution is 2.34. The minimum atomic E-state index is -0.109. The number of hydrogen-bond donors (Lipinski definition) is 1. The van der Waals surface area contributed by atoms with Gasteiger partial charge in [0.2, 0.25) is 0 Å². The molecular formula is C25H31N5O2. The van der Waals surface area contributed by atoms with Crippen LogP contribution in [0.4, 0.5) is 0 Å². The van der Waals surface area contributed by atoms with Gasteiger partial charge in [0, 0.05) is 30.1 Å². The van der Waals surface area contributed by atoms with Crippen LogP contribution in [0.15, 0.2) is 23.1 Å². The first kappa shape index (κ1) is 20.0. The second-order valence-electron chi connectivity index (χ2n) is 9.92. The van der Waals surface area contributed by atoms with Crippen molar-refractivity contribution in [2.45, 2.75) is 64.0 Å². The average molecular weight is 434 g/mol. The minimum absolute atomic E-state index is 0.101. The minimum Gasteiger partial charge on any atom is -0.335 e. The van der Waals surface area contributed by atoms with Crippen LogP contribution in [0.25, 0.3) is 21.8 Å². The lowest BCUT2D eigenvalue weighted by Gasteiger charge is -2.46.